The van der Waals surface area contributed by atoms with E-state index in [2.05, 4.69) is 20.0 Å². The zero-order valence-corrected chi connectivity index (χ0v) is 17.4. The number of nitrogens with one attached hydrogen (secondary N) is 2. The Bertz CT molecular complexity index is 1350. The van der Waals surface area contributed by atoms with Gasteiger partial charge < -0.3 is 9.47 Å². The van der Waals surface area contributed by atoms with E-state index in [1.54, 1.807) is 16.8 Å². The Labute approximate surface area is 178 Å². The molecule has 0 bridgehead atoms. The summed E-state index contributed by atoms with van der Waals surface area (Å²) >= 11 is 0. The molecule has 0 spiro atoms. The maximum Gasteiger partial charge on any atom is 0.266 e. The van der Waals surface area contributed by atoms with Crippen LogP contribution in [0.25, 0.3) is 11.1 Å². The molecule has 2 aromatic heterocycles. The zero-order chi connectivity index (χ0) is 21.4. The first kappa shape index (κ1) is 19.2. The fraction of sp³-hybridized carbons (Fsp3) is 0.143. The van der Waals surface area contributed by atoms with E-state index < -0.39 is 10.0 Å². The molecule has 3 heterocycles. The van der Waals surface area contributed by atoms with Crippen molar-refractivity contribution in [3.8, 4) is 22.6 Å². The van der Waals surface area contributed by atoms with Crippen molar-refractivity contribution in [2.24, 2.45) is 0 Å². The Kier molecular flexibility index (Phi) is 4.63. The Balaban J connectivity index is 1.41. The molecule has 1 aliphatic heterocycles. The largest absolute Gasteiger partial charge is 0.454 e. The highest BCUT2D eigenvalue weighted by atomic mass is 32.2. The number of H-pyrrole nitrogens is 1. The summed E-state index contributed by atoms with van der Waals surface area (Å²) in [4.78, 5) is 0.0562. The number of sulfonamides is 1. The molecule has 0 saturated carbocycles. The number of anilines is 1. The van der Waals surface area contributed by atoms with Gasteiger partial charge in [0.2, 0.25) is 6.79 Å². The van der Waals surface area contributed by atoms with Crippen LogP contribution in [0.4, 0.5) is 5.82 Å². The summed E-state index contributed by atoms with van der Waals surface area (Å²) in [7, 11) is -3.89. The molecule has 4 aromatic rings. The molecule has 0 fully saturated rings. The molecule has 2 N–H and O–H groups in total. The van der Waals surface area contributed by atoms with Crippen molar-refractivity contribution in [2.75, 3.05) is 11.5 Å². The number of hydrogen-bond donors (Lipinski definition) is 2. The first-order valence-electron chi connectivity index (χ1n) is 9.54. The maximum absolute atomic E-state index is 13.0. The fourth-order valence-electron chi connectivity index (χ4n) is 3.43. The van der Waals surface area contributed by atoms with Crippen molar-refractivity contribution in [1.82, 2.24) is 20.0 Å². The summed E-state index contributed by atoms with van der Waals surface area (Å²) in [5.74, 6) is 1.46. The molecular weight excluding hydrogens is 418 g/mol. The highest BCUT2D eigenvalue weighted by Crippen LogP contribution is 2.39. The summed E-state index contributed by atoms with van der Waals surface area (Å²) in [6, 6.07) is 15.1. The number of rotatable bonds is 6. The van der Waals surface area contributed by atoms with Gasteiger partial charge in [-0.1, -0.05) is 36.4 Å². The predicted octanol–water partition coefficient (Wildman–Crippen LogP) is 3.16. The van der Waals surface area contributed by atoms with Crippen LogP contribution in [0.3, 0.4) is 0 Å². The van der Waals surface area contributed by atoms with E-state index in [9.17, 15) is 8.42 Å². The fourth-order valence-corrected chi connectivity index (χ4v) is 4.40. The Morgan fingerprint density at radius 3 is 2.77 bits per heavy atom. The molecule has 0 atom stereocenters. The van der Waals surface area contributed by atoms with Gasteiger partial charge in [0.1, 0.15) is 4.90 Å². The molecule has 10 heteroatoms. The third-order valence-corrected chi connectivity index (χ3v) is 6.24. The second-order valence-corrected chi connectivity index (χ2v) is 8.79. The summed E-state index contributed by atoms with van der Waals surface area (Å²) in [5, 5.41) is 11.2. The number of benzene rings is 2. The van der Waals surface area contributed by atoms with Crippen molar-refractivity contribution < 1.29 is 17.9 Å². The van der Waals surface area contributed by atoms with E-state index in [-0.39, 0.29) is 17.5 Å². The molecule has 0 unspecified atom stereocenters. The van der Waals surface area contributed by atoms with E-state index in [0.29, 0.717) is 23.6 Å². The highest BCUT2D eigenvalue weighted by molar-refractivity contribution is 7.92. The lowest BCUT2D eigenvalue weighted by molar-refractivity contribution is 0.174. The van der Waals surface area contributed by atoms with Crippen LogP contribution in [0.1, 0.15) is 11.3 Å². The number of aromatic nitrogens is 4. The molecule has 9 nitrogen and oxygen atoms in total. The number of aromatic amines is 1. The van der Waals surface area contributed by atoms with Gasteiger partial charge >= 0.3 is 0 Å². The minimum Gasteiger partial charge on any atom is -0.454 e. The number of aryl methyl sites for hydroxylation is 1. The highest BCUT2D eigenvalue weighted by Gasteiger charge is 2.23. The van der Waals surface area contributed by atoms with Gasteiger partial charge in [-0.2, -0.15) is 10.2 Å². The molecular formula is C21H19N5O4S. The first-order chi connectivity index (χ1) is 15.0. The molecule has 0 aliphatic carbocycles. The maximum atomic E-state index is 13.0. The summed E-state index contributed by atoms with van der Waals surface area (Å²) < 4.78 is 40.9. The summed E-state index contributed by atoms with van der Waals surface area (Å²) in [6.45, 7) is 2.46. The summed E-state index contributed by atoms with van der Waals surface area (Å²) in [5.41, 5.74) is 3.14. The Morgan fingerprint density at radius 2 is 1.94 bits per heavy atom. The average molecular weight is 437 g/mol. The van der Waals surface area contributed by atoms with E-state index in [1.807, 2.05) is 43.3 Å². The molecule has 2 aromatic carbocycles. The number of hydrogen-bond acceptors (Lipinski definition) is 6. The summed E-state index contributed by atoms with van der Waals surface area (Å²) in [6.07, 6.45) is 2.82. The molecule has 5 rings (SSSR count). The van der Waals surface area contributed by atoms with Crippen LogP contribution in [0, 0.1) is 6.92 Å². The van der Waals surface area contributed by atoms with Gasteiger partial charge in [-0.3, -0.25) is 14.5 Å². The quantitative estimate of drug-likeness (QED) is 0.479. The van der Waals surface area contributed by atoms with Crippen molar-refractivity contribution in [2.45, 2.75) is 18.4 Å². The second-order valence-electron chi connectivity index (χ2n) is 7.10. The topological polar surface area (TPSA) is 111 Å². The molecule has 0 amide bonds. The van der Waals surface area contributed by atoms with E-state index >= 15 is 0 Å². The Morgan fingerprint density at radius 1 is 1.13 bits per heavy atom. The van der Waals surface area contributed by atoms with Crippen LogP contribution < -0.4 is 14.2 Å². The van der Waals surface area contributed by atoms with Gasteiger partial charge in [-0.25, -0.2) is 8.42 Å². The van der Waals surface area contributed by atoms with Crippen molar-refractivity contribution in [3.63, 3.8) is 0 Å². The van der Waals surface area contributed by atoms with Crippen LogP contribution >= 0.6 is 0 Å². The number of fused-ring (bicyclic) bond motifs is 1. The second kappa shape index (κ2) is 7.47. The number of ether oxygens (including phenoxy) is 2. The smallest absolute Gasteiger partial charge is 0.266 e. The predicted molar refractivity (Wildman–Crippen MR) is 113 cm³/mol. The first-order valence-corrected chi connectivity index (χ1v) is 11.0. The van der Waals surface area contributed by atoms with Crippen molar-refractivity contribution in [1.29, 1.82) is 0 Å². The van der Waals surface area contributed by atoms with Crippen LogP contribution in [0.2, 0.25) is 0 Å². The van der Waals surface area contributed by atoms with Crippen molar-refractivity contribution >= 4 is 15.8 Å². The van der Waals surface area contributed by atoms with Crippen LogP contribution in [-0.4, -0.2) is 35.2 Å². The van der Waals surface area contributed by atoms with Gasteiger partial charge in [0.25, 0.3) is 10.0 Å². The average Bonchev–Trinajstić information content (AvgIpc) is 3.49. The zero-order valence-electron chi connectivity index (χ0n) is 16.6. The van der Waals surface area contributed by atoms with Crippen LogP contribution in [0.5, 0.6) is 11.5 Å². The van der Waals surface area contributed by atoms with E-state index in [1.165, 1.54) is 12.4 Å². The van der Waals surface area contributed by atoms with Crippen LogP contribution in [-0.2, 0) is 16.6 Å². The van der Waals surface area contributed by atoms with Gasteiger partial charge in [0.05, 0.1) is 12.7 Å². The lowest BCUT2D eigenvalue weighted by Crippen LogP contribution is -2.13. The molecule has 0 radical (unpaired) electrons. The minimum absolute atomic E-state index is 0.0562. The van der Waals surface area contributed by atoms with Crippen LogP contribution in [0.15, 0.2) is 65.8 Å². The van der Waals surface area contributed by atoms with E-state index in [4.69, 9.17) is 9.47 Å². The van der Waals surface area contributed by atoms with E-state index in [0.717, 1.165) is 16.8 Å². The van der Waals surface area contributed by atoms with Gasteiger partial charge in [0.15, 0.2) is 17.3 Å². The molecule has 158 valence electrons. The van der Waals surface area contributed by atoms with Crippen molar-refractivity contribution in [3.05, 3.63) is 72.2 Å². The normalized spacial score (nSPS) is 12.8. The lowest BCUT2D eigenvalue weighted by Gasteiger charge is -2.08. The standard InChI is InChI=1S/C21H19N5O4S/c1-14-20(16-7-8-18-19(9-16)30-13-29-18)21(24-23-14)25-31(27,28)17-10-22-26(12-17)11-15-5-3-2-4-6-15/h2-10,12H,11,13H2,1H3,(H2,23,24,25). The third-order valence-electron chi connectivity index (χ3n) is 4.95. The molecule has 1 aliphatic rings. The van der Waals surface area contributed by atoms with Gasteiger partial charge in [0, 0.05) is 17.5 Å². The van der Waals surface area contributed by atoms with Gasteiger partial charge in [-0.15, -0.1) is 0 Å². The van der Waals surface area contributed by atoms with Gasteiger partial charge in [-0.05, 0) is 30.2 Å². The molecule has 0 saturated heterocycles. The third kappa shape index (κ3) is 3.73. The lowest BCUT2D eigenvalue weighted by atomic mass is 10.1. The monoisotopic (exact) mass is 437 g/mol. The minimum atomic E-state index is -3.89. The molecule has 31 heavy (non-hydrogen) atoms. The Hall–Kier alpha value is -3.79. The number of nitrogens with zero attached hydrogens (tertiary/aromatic N) is 3. The SMILES string of the molecule is Cc1[nH]nc(NS(=O)(=O)c2cnn(Cc3ccccc3)c2)c1-c1ccc2c(c1)OCO2.